The second-order valence-corrected chi connectivity index (χ2v) is 7.79. The number of morpholine rings is 1. The Kier molecular flexibility index (Phi) is 6.76. The molecule has 1 saturated heterocycles. The third-order valence-corrected chi connectivity index (χ3v) is 5.49. The summed E-state index contributed by atoms with van der Waals surface area (Å²) >= 11 is 0. The summed E-state index contributed by atoms with van der Waals surface area (Å²) in [6.45, 7) is 15.0. The molecule has 0 bridgehead atoms. The first kappa shape index (κ1) is 20.4. The molecule has 0 aliphatic carbocycles. The van der Waals surface area contributed by atoms with Gasteiger partial charge in [-0.05, 0) is 49.1 Å². The predicted molar refractivity (Wildman–Crippen MR) is 118 cm³/mol. The quantitative estimate of drug-likeness (QED) is 0.716. The number of nitrogens with one attached hydrogen (secondary N) is 1. The van der Waals surface area contributed by atoms with Gasteiger partial charge in [0, 0.05) is 43.1 Å². The first-order chi connectivity index (χ1) is 13.5. The van der Waals surface area contributed by atoms with E-state index in [1.165, 1.54) is 16.7 Å². The number of ether oxygens (including phenoxy) is 1. The van der Waals surface area contributed by atoms with Crippen molar-refractivity contribution in [1.82, 2.24) is 10.2 Å². The lowest BCUT2D eigenvalue weighted by molar-refractivity contribution is -0.0283. The molecule has 1 heterocycles. The van der Waals surface area contributed by atoms with E-state index in [-0.39, 0.29) is 6.10 Å². The number of hydrogen-bond acceptors (Lipinski definition) is 4. The second kappa shape index (κ2) is 9.26. The first-order valence-electron chi connectivity index (χ1n) is 10.2. The van der Waals surface area contributed by atoms with Crippen molar-refractivity contribution < 1.29 is 4.74 Å². The molecule has 0 aromatic heterocycles. The van der Waals surface area contributed by atoms with Crippen LogP contribution in [-0.4, -0.2) is 37.2 Å². The molecular weight excluding hydrogens is 346 g/mol. The summed E-state index contributed by atoms with van der Waals surface area (Å²) in [4.78, 5) is 2.47. The van der Waals surface area contributed by atoms with Gasteiger partial charge in [0.2, 0.25) is 0 Å². The molecule has 2 aromatic carbocycles. The van der Waals surface area contributed by atoms with Crippen LogP contribution in [0.3, 0.4) is 0 Å². The van der Waals surface area contributed by atoms with Crippen molar-refractivity contribution in [2.45, 2.75) is 39.8 Å². The average Bonchev–Trinajstić information content (AvgIpc) is 2.70. The van der Waals surface area contributed by atoms with E-state index in [9.17, 15) is 0 Å². The number of nitrogen functional groups attached to an aromatic ring is 1. The van der Waals surface area contributed by atoms with Crippen LogP contribution in [-0.2, 0) is 17.7 Å². The van der Waals surface area contributed by atoms with Gasteiger partial charge in [0.05, 0.1) is 12.7 Å². The Balaban J connectivity index is 1.56. The highest BCUT2D eigenvalue weighted by atomic mass is 16.5. The molecular formula is C24H33N3O. The van der Waals surface area contributed by atoms with Gasteiger partial charge >= 0.3 is 0 Å². The molecule has 4 nitrogen and oxygen atoms in total. The Morgan fingerprint density at radius 2 is 2.00 bits per heavy atom. The summed E-state index contributed by atoms with van der Waals surface area (Å²) in [5.74, 6) is 0. The highest BCUT2D eigenvalue weighted by Gasteiger charge is 2.21. The monoisotopic (exact) mass is 379 g/mol. The van der Waals surface area contributed by atoms with Crippen molar-refractivity contribution in [2.75, 3.05) is 32.0 Å². The topological polar surface area (TPSA) is 50.5 Å². The fourth-order valence-corrected chi connectivity index (χ4v) is 3.68. The molecule has 0 amide bonds. The Bertz CT molecular complexity index is 813. The van der Waals surface area contributed by atoms with Crippen LogP contribution in [0.5, 0.6) is 0 Å². The Morgan fingerprint density at radius 1 is 1.25 bits per heavy atom. The SMILES string of the molecule is C=C(NCC1CN(Cc2ccc(C)cc2)CCO1)c1cc(C)c(N)cc1CC. The third-order valence-electron chi connectivity index (χ3n) is 5.49. The molecule has 1 aliphatic heterocycles. The van der Waals surface area contributed by atoms with Crippen LogP contribution in [0.4, 0.5) is 5.69 Å². The predicted octanol–water partition coefficient (Wildman–Crippen LogP) is 3.91. The Labute approximate surface area is 169 Å². The molecule has 150 valence electrons. The van der Waals surface area contributed by atoms with Crippen molar-refractivity contribution >= 4 is 11.4 Å². The van der Waals surface area contributed by atoms with Crippen LogP contribution in [0.25, 0.3) is 5.70 Å². The molecule has 1 aliphatic rings. The van der Waals surface area contributed by atoms with Crippen LogP contribution in [0, 0.1) is 13.8 Å². The number of hydrogen-bond donors (Lipinski definition) is 2. The summed E-state index contributed by atoms with van der Waals surface area (Å²) in [6.07, 6.45) is 1.10. The molecule has 1 unspecified atom stereocenters. The number of nitrogens with two attached hydrogens (primary N) is 1. The van der Waals surface area contributed by atoms with Gasteiger partial charge in [-0.1, -0.05) is 43.3 Å². The normalized spacial score (nSPS) is 17.5. The van der Waals surface area contributed by atoms with Gasteiger partial charge in [-0.2, -0.15) is 0 Å². The number of benzene rings is 2. The van der Waals surface area contributed by atoms with E-state index >= 15 is 0 Å². The highest BCUT2D eigenvalue weighted by molar-refractivity contribution is 5.69. The maximum Gasteiger partial charge on any atom is 0.0874 e. The summed E-state index contributed by atoms with van der Waals surface area (Å²) in [5, 5.41) is 3.49. The first-order valence-corrected chi connectivity index (χ1v) is 10.2. The molecule has 0 spiro atoms. The fraction of sp³-hybridized carbons (Fsp3) is 0.417. The molecule has 0 radical (unpaired) electrons. The van der Waals surface area contributed by atoms with E-state index in [1.807, 2.05) is 6.92 Å². The van der Waals surface area contributed by atoms with E-state index in [2.05, 4.69) is 67.0 Å². The molecule has 3 rings (SSSR count). The van der Waals surface area contributed by atoms with Gasteiger partial charge in [0.1, 0.15) is 0 Å². The lowest BCUT2D eigenvalue weighted by Gasteiger charge is -2.33. The molecule has 1 atom stereocenters. The zero-order valence-electron chi connectivity index (χ0n) is 17.4. The molecule has 1 fully saturated rings. The van der Waals surface area contributed by atoms with Crippen LogP contribution in [0.1, 0.15) is 34.7 Å². The van der Waals surface area contributed by atoms with E-state index in [0.29, 0.717) is 0 Å². The van der Waals surface area contributed by atoms with Crippen LogP contribution >= 0.6 is 0 Å². The number of aryl methyl sites for hydroxylation is 3. The molecule has 4 heteroatoms. The minimum absolute atomic E-state index is 0.163. The average molecular weight is 380 g/mol. The van der Waals surface area contributed by atoms with Crippen molar-refractivity contribution in [3.05, 3.63) is 70.8 Å². The number of nitrogens with zero attached hydrogens (tertiary/aromatic N) is 1. The summed E-state index contributed by atoms with van der Waals surface area (Å²) in [5.41, 5.74) is 14.0. The second-order valence-electron chi connectivity index (χ2n) is 7.79. The summed E-state index contributed by atoms with van der Waals surface area (Å²) in [6, 6.07) is 13.0. The lowest BCUT2D eigenvalue weighted by atomic mass is 9.99. The van der Waals surface area contributed by atoms with E-state index < -0.39 is 0 Å². The van der Waals surface area contributed by atoms with Crippen LogP contribution < -0.4 is 11.1 Å². The molecule has 28 heavy (non-hydrogen) atoms. The maximum atomic E-state index is 6.07. The van der Waals surface area contributed by atoms with Gasteiger partial charge in [-0.25, -0.2) is 0 Å². The highest BCUT2D eigenvalue weighted by Crippen LogP contribution is 2.23. The Morgan fingerprint density at radius 3 is 2.71 bits per heavy atom. The van der Waals surface area contributed by atoms with Crippen LogP contribution in [0.15, 0.2) is 43.0 Å². The zero-order chi connectivity index (χ0) is 20.1. The van der Waals surface area contributed by atoms with Gasteiger partial charge in [-0.15, -0.1) is 0 Å². The van der Waals surface area contributed by atoms with E-state index in [1.54, 1.807) is 0 Å². The van der Waals surface area contributed by atoms with E-state index in [0.717, 1.165) is 61.7 Å². The van der Waals surface area contributed by atoms with Crippen molar-refractivity contribution in [2.24, 2.45) is 0 Å². The summed E-state index contributed by atoms with van der Waals surface area (Å²) < 4.78 is 5.99. The van der Waals surface area contributed by atoms with Crippen molar-refractivity contribution in [3.8, 4) is 0 Å². The fourth-order valence-electron chi connectivity index (χ4n) is 3.68. The number of rotatable bonds is 7. The van der Waals surface area contributed by atoms with Crippen molar-refractivity contribution in [1.29, 1.82) is 0 Å². The van der Waals surface area contributed by atoms with Gasteiger partial charge < -0.3 is 15.8 Å². The van der Waals surface area contributed by atoms with Crippen LogP contribution in [0.2, 0.25) is 0 Å². The zero-order valence-corrected chi connectivity index (χ0v) is 17.4. The largest absolute Gasteiger partial charge is 0.399 e. The van der Waals surface area contributed by atoms with Gasteiger partial charge in [-0.3, -0.25) is 4.90 Å². The van der Waals surface area contributed by atoms with Crippen molar-refractivity contribution in [3.63, 3.8) is 0 Å². The molecule has 0 saturated carbocycles. The summed E-state index contributed by atoms with van der Waals surface area (Å²) in [7, 11) is 0. The Hall–Kier alpha value is -2.30. The molecule has 3 N–H and O–H groups in total. The lowest BCUT2D eigenvalue weighted by Crippen LogP contribution is -2.45. The third kappa shape index (κ3) is 5.15. The minimum Gasteiger partial charge on any atom is -0.399 e. The molecule has 2 aromatic rings. The van der Waals surface area contributed by atoms with Gasteiger partial charge in [0.15, 0.2) is 0 Å². The minimum atomic E-state index is 0.163. The van der Waals surface area contributed by atoms with Gasteiger partial charge in [0.25, 0.3) is 0 Å². The standard InChI is InChI=1S/C24H33N3O/c1-5-21-13-24(25)18(3)12-23(21)19(4)26-14-22-16-27(10-11-28-22)15-20-8-6-17(2)7-9-20/h6-9,12-13,22,26H,4-5,10-11,14-16,25H2,1-3H3. The maximum absolute atomic E-state index is 6.07. The van der Waals surface area contributed by atoms with E-state index in [4.69, 9.17) is 10.5 Å². The number of anilines is 1. The smallest absolute Gasteiger partial charge is 0.0874 e.